The zero-order chi connectivity index (χ0) is 18.5. The van der Waals surface area contributed by atoms with Crippen LogP contribution < -0.4 is 0 Å². The topological polar surface area (TPSA) is 42.5 Å². The molecule has 0 saturated carbocycles. The van der Waals surface area contributed by atoms with Crippen LogP contribution in [0.4, 0.5) is 8.78 Å². The molecule has 1 saturated heterocycles. The van der Waals surface area contributed by atoms with Gasteiger partial charge in [-0.3, -0.25) is 9.78 Å². The van der Waals surface area contributed by atoms with Crippen molar-refractivity contribution in [2.75, 3.05) is 6.61 Å². The number of ether oxygens (including phenoxy) is 1. The first kappa shape index (κ1) is 17.6. The molecule has 4 rings (SSSR count). The smallest absolute Gasteiger partial charge is 0.195 e. The van der Waals surface area contributed by atoms with Crippen molar-refractivity contribution in [3.8, 4) is 0 Å². The molecule has 136 valence electrons. The molecule has 0 unspecified atom stereocenters. The Balaban J connectivity index is 1.62. The maximum absolute atomic E-state index is 15.8. The zero-order valence-electron chi connectivity index (χ0n) is 14.3. The number of fused-ring (bicyclic) bond motifs is 2. The summed E-state index contributed by atoms with van der Waals surface area (Å²) in [6.07, 6.45) is 2.09. The Morgan fingerprint density at radius 2 is 2.15 bits per heavy atom. The lowest BCUT2D eigenvalue weighted by molar-refractivity contribution is -0.133. The monoisotopic (exact) mass is 377 g/mol. The third kappa shape index (κ3) is 2.74. The second kappa shape index (κ2) is 6.10. The number of ketones is 1. The Morgan fingerprint density at radius 1 is 1.38 bits per heavy atom. The van der Waals surface area contributed by atoms with Gasteiger partial charge in [-0.15, -0.1) is 0 Å². The maximum Gasteiger partial charge on any atom is 0.195 e. The fourth-order valence-corrected chi connectivity index (χ4v) is 4.18. The Labute approximate surface area is 155 Å². The average Bonchev–Trinajstić information content (AvgIpc) is 3.39. The van der Waals surface area contributed by atoms with Crippen molar-refractivity contribution in [2.45, 2.75) is 43.4 Å². The van der Waals surface area contributed by atoms with Crippen LogP contribution >= 0.6 is 11.6 Å². The van der Waals surface area contributed by atoms with E-state index in [4.69, 9.17) is 16.3 Å². The molecule has 2 aromatic rings. The lowest BCUT2D eigenvalue weighted by Gasteiger charge is -2.33. The van der Waals surface area contributed by atoms with Gasteiger partial charge in [0.1, 0.15) is 11.4 Å². The van der Waals surface area contributed by atoms with Gasteiger partial charge in [0.15, 0.2) is 11.5 Å². The van der Waals surface area contributed by atoms with Gasteiger partial charge in [-0.05, 0) is 42.5 Å². The summed E-state index contributed by atoms with van der Waals surface area (Å²) in [6.45, 7) is 2.31. The molecule has 2 heterocycles. The SMILES string of the molecule is C[C@@H](CC(=O)[C@]1(F)CC[C@]2(CO2)c2ncccc21)c1ccc(F)cc1Cl. The summed E-state index contributed by atoms with van der Waals surface area (Å²) in [7, 11) is 0. The third-order valence-electron chi connectivity index (χ3n) is 5.46. The molecule has 1 spiro atoms. The fourth-order valence-electron chi connectivity index (χ4n) is 3.82. The molecule has 0 amide bonds. The Bertz CT molecular complexity index is 884. The lowest BCUT2D eigenvalue weighted by Crippen LogP contribution is -2.39. The highest BCUT2D eigenvalue weighted by molar-refractivity contribution is 6.31. The van der Waals surface area contributed by atoms with E-state index in [1.807, 2.05) is 0 Å². The number of carbonyl (C=O) groups is 1. The van der Waals surface area contributed by atoms with Crippen LogP contribution in [0.5, 0.6) is 0 Å². The molecule has 0 bridgehead atoms. The summed E-state index contributed by atoms with van der Waals surface area (Å²) in [4.78, 5) is 17.2. The van der Waals surface area contributed by atoms with E-state index < -0.39 is 22.9 Å². The number of hydrogen-bond acceptors (Lipinski definition) is 3. The molecule has 2 aliphatic rings. The van der Waals surface area contributed by atoms with Crippen LogP contribution in [0.2, 0.25) is 5.02 Å². The molecular formula is C20H18ClF2NO2. The number of Topliss-reactive ketones (excluding diaryl/α,β-unsaturated/α-hetero) is 1. The van der Waals surface area contributed by atoms with Gasteiger partial charge in [0.2, 0.25) is 0 Å². The van der Waals surface area contributed by atoms with Gasteiger partial charge >= 0.3 is 0 Å². The summed E-state index contributed by atoms with van der Waals surface area (Å²) in [5, 5.41) is 0.245. The van der Waals surface area contributed by atoms with Crippen LogP contribution in [0.1, 0.15) is 48.9 Å². The van der Waals surface area contributed by atoms with Gasteiger partial charge in [0.05, 0.1) is 12.3 Å². The first-order chi connectivity index (χ1) is 12.4. The van der Waals surface area contributed by atoms with Crippen molar-refractivity contribution in [3.63, 3.8) is 0 Å². The molecule has 1 aromatic heterocycles. The van der Waals surface area contributed by atoms with Crippen LogP contribution in [-0.4, -0.2) is 17.4 Å². The number of hydrogen-bond donors (Lipinski definition) is 0. The third-order valence-corrected chi connectivity index (χ3v) is 5.79. The van der Waals surface area contributed by atoms with Crippen molar-refractivity contribution in [2.24, 2.45) is 0 Å². The average molecular weight is 378 g/mol. The van der Waals surface area contributed by atoms with Crippen molar-refractivity contribution >= 4 is 17.4 Å². The fraction of sp³-hybridized carbons (Fsp3) is 0.400. The number of nitrogens with zero attached hydrogens (tertiary/aromatic N) is 1. The molecule has 3 atom stereocenters. The number of halogens is 3. The number of epoxide rings is 1. The highest BCUT2D eigenvalue weighted by Crippen LogP contribution is 2.53. The van der Waals surface area contributed by atoms with E-state index in [0.717, 1.165) is 0 Å². The molecular weight excluding hydrogens is 360 g/mol. The van der Waals surface area contributed by atoms with E-state index in [9.17, 15) is 9.18 Å². The quantitative estimate of drug-likeness (QED) is 0.717. The summed E-state index contributed by atoms with van der Waals surface area (Å²) in [5.41, 5.74) is -1.12. The lowest BCUT2D eigenvalue weighted by atomic mass is 9.73. The van der Waals surface area contributed by atoms with E-state index >= 15 is 4.39 Å². The number of alkyl halides is 1. The van der Waals surface area contributed by atoms with Crippen LogP contribution in [0.15, 0.2) is 36.5 Å². The van der Waals surface area contributed by atoms with Gasteiger partial charge in [-0.25, -0.2) is 8.78 Å². The minimum atomic E-state index is -2.08. The van der Waals surface area contributed by atoms with Gasteiger partial charge in [-0.2, -0.15) is 0 Å². The minimum Gasteiger partial charge on any atom is -0.363 e. The Kier molecular flexibility index (Phi) is 4.12. The van der Waals surface area contributed by atoms with Gasteiger partial charge in [-0.1, -0.05) is 30.7 Å². The molecule has 3 nitrogen and oxygen atoms in total. The van der Waals surface area contributed by atoms with Crippen LogP contribution in [0, 0.1) is 5.82 Å². The molecule has 1 aliphatic heterocycles. The van der Waals surface area contributed by atoms with Crippen LogP contribution in [-0.2, 0) is 20.8 Å². The first-order valence-corrected chi connectivity index (χ1v) is 9.01. The highest BCUT2D eigenvalue weighted by Gasteiger charge is 2.58. The van der Waals surface area contributed by atoms with Gasteiger partial charge in [0.25, 0.3) is 0 Å². The summed E-state index contributed by atoms with van der Waals surface area (Å²) in [6, 6.07) is 7.31. The minimum absolute atomic E-state index is 0.0238. The predicted molar refractivity (Wildman–Crippen MR) is 93.3 cm³/mol. The molecule has 0 radical (unpaired) electrons. The molecule has 1 aromatic carbocycles. The molecule has 0 N–H and O–H groups in total. The normalized spacial score (nSPS) is 27.8. The Hall–Kier alpha value is -1.85. The standard InChI is InChI=1S/C20H18ClF2NO2/c1-12(14-5-4-13(22)10-16(14)21)9-17(25)20(23)7-6-19(11-26-19)18-15(20)3-2-8-24-18/h2-5,8,10,12H,6-7,9,11H2,1H3/t12-,19-,20-/m0/s1. The number of aromatic nitrogens is 1. The summed E-state index contributed by atoms with van der Waals surface area (Å²) >= 11 is 6.08. The molecule has 1 fully saturated rings. The molecule has 1 aliphatic carbocycles. The summed E-state index contributed by atoms with van der Waals surface area (Å²) < 4.78 is 34.6. The number of rotatable bonds is 4. The van der Waals surface area contributed by atoms with Crippen molar-refractivity contribution in [1.82, 2.24) is 4.98 Å². The van der Waals surface area contributed by atoms with Gasteiger partial charge in [0, 0.05) is 23.2 Å². The Morgan fingerprint density at radius 3 is 2.85 bits per heavy atom. The van der Waals surface area contributed by atoms with E-state index in [-0.39, 0.29) is 23.8 Å². The molecule has 26 heavy (non-hydrogen) atoms. The molecule has 6 heteroatoms. The van der Waals surface area contributed by atoms with Crippen molar-refractivity contribution in [3.05, 3.63) is 64.2 Å². The maximum atomic E-state index is 15.8. The number of pyridine rings is 1. The second-order valence-corrected chi connectivity index (χ2v) is 7.59. The van der Waals surface area contributed by atoms with E-state index in [1.165, 1.54) is 12.1 Å². The van der Waals surface area contributed by atoms with Crippen LogP contribution in [0.25, 0.3) is 0 Å². The van der Waals surface area contributed by atoms with Crippen LogP contribution in [0.3, 0.4) is 0 Å². The van der Waals surface area contributed by atoms with E-state index in [2.05, 4.69) is 4.98 Å². The van der Waals surface area contributed by atoms with Crippen molar-refractivity contribution < 1.29 is 18.3 Å². The van der Waals surface area contributed by atoms with E-state index in [0.29, 0.717) is 29.8 Å². The number of benzene rings is 1. The zero-order valence-corrected chi connectivity index (χ0v) is 15.0. The summed E-state index contributed by atoms with van der Waals surface area (Å²) in [5.74, 6) is -1.27. The number of carbonyl (C=O) groups excluding carboxylic acids is 1. The predicted octanol–water partition coefficient (Wildman–Crippen LogP) is 4.82. The second-order valence-electron chi connectivity index (χ2n) is 7.18. The van der Waals surface area contributed by atoms with Crippen molar-refractivity contribution in [1.29, 1.82) is 0 Å². The largest absolute Gasteiger partial charge is 0.363 e. The highest BCUT2D eigenvalue weighted by atomic mass is 35.5. The first-order valence-electron chi connectivity index (χ1n) is 8.63. The van der Waals surface area contributed by atoms with E-state index in [1.54, 1.807) is 31.3 Å². The van der Waals surface area contributed by atoms with Gasteiger partial charge < -0.3 is 4.74 Å².